The molecule has 0 heterocycles. The summed E-state index contributed by atoms with van der Waals surface area (Å²) >= 11 is 10.8. The Kier molecular flexibility index (Phi) is 6.63. The van der Waals surface area contributed by atoms with Crippen LogP contribution in [0.25, 0.3) is 6.08 Å². The number of allylic oxidation sites excluding steroid dienone is 1. The Morgan fingerprint density at radius 2 is 1.95 bits per heavy atom. The zero-order valence-electron chi connectivity index (χ0n) is 11.6. The normalized spacial score (nSPS) is 17.3. The fourth-order valence-electron chi connectivity index (χ4n) is 2.84. The number of hydrogen-bond donors (Lipinski definition) is 0. The van der Waals surface area contributed by atoms with Crippen LogP contribution in [0, 0.1) is 5.92 Å². The molecule has 0 aliphatic heterocycles. The molecule has 0 atom stereocenters. The van der Waals surface area contributed by atoms with Crippen molar-refractivity contribution >= 4 is 53.9 Å². The topological polar surface area (TPSA) is 9.23 Å². The number of alkyl halides is 1. The Morgan fingerprint density at radius 3 is 2.55 bits per heavy atom. The molecule has 0 spiro atoms. The smallest absolute Gasteiger partial charge is 0.140 e. The van der Waals surface area contributed by atoms with E-state index in [1.165, 1.54) is 37.7 Å². The molecule has 1 aliphatic rings. The first kappa shape index (κ1) is 16.6. The molecule has 2 rings (SSSR count). The molecule has 110 valence electrons. The second-order valence-corrected chi connectivity index (χ2v) is 7.53. The van der Waals surface area contributed by atoms with Crippen molar-refractivity contribution in [2.24, 2.45) is 5.92 Å². The molecule has 1 aromatic rings. The van der Waals surface area contributed by atoms with Gasteiger partial charge in [0.2, 0.25) is 0 Å². The molecule has 0 unspecified atom stereocenters. The van der Waals surface area contributed by atoms with Gasteiger partial charge >= 0.3 is 0 Å². The largest absolute Gasteiger partial charge is 0.495 e. The predicted molar refractivity (Wildman–Crippen MR) is 96.7 cm³/mol. The van der Waals surface area contributed by atoms with Gasteiger partial charge in [-0.15, -0.1) is 0 Å². The SMILES string of the molecule is COc1c(Br)cc(Br)cc1/C=C(/CBr)C1CCCCC1. The lowest BCUT2D eigenvalue weighted by Gasteiger charge is -2.24. The van der Waals surface area contributed by atoms with Crippen molar-refractivity contribution in [3.63, 3.8) is 0 Å². The Bertz CT molecular complexity index is 491. The van der Waals surface area contributed by atoms with Gasteiger partial charge in [0.15, 0.2) is 0 Å². The van der Waals surface area contributed by atoms with Crippen LogP contribution in [0.4, 0.5) is 0 Å². The van der Waals surface area contributed by atoms with E-state index in [2.05, 4.69) is 59.9 Å². The van der Waals surface area contributed by atoms with Crippen LogP contribution in [0.3, 0.4) is 0 Å². The Morgan fingerprint density at radius 1 is 1.25 bits per heavy atom. The van der Waals surface area contributed by atoms with Crippen LogP contribution in [0.15, 0.2) is 26.7 Å². The molecule has 0 aromatic heterocycles. The van der Waals surface area contributed by atoms with E-state index in [-0.39, 0.29) is 0 Å². The summed E-state index contributed by atoms with van der Waals surface area (Å²) in [7, 11) is 1.72. The van der Waals surface area contributed by atoms with Crippen LogP contribution >= 0.6 is 47.8 Å². The van der Waals surface area contributed by atoms with Gasteiger partial charge in [0.25, 0.3) is 0 Å². The minimum atomic E-state index is 0.714. The number of rotatable bonds is 4. The number of ether oxygens (including phenoxy) is 1. The highest BCUT2D eigenvalue weighted by Gasteiger charge is 2.18. The lowest BCUT2D eigenvalue weighted by atomic mass is 9.84. The maximum atomic E-state index is 5.54. The molecular formula is C16H19Br3O. The van der Waals surface area contributed by atoms with Crippen LogP contribution in [-0.4, -0.2) is 12.4 Å². The van der Waals surface area contributed by atoms with E-state index in [4.69, 9.17) is 4.74 Å². The number of methoxy groups -OCH3 is 1. The third kappa shape index (κ3) is 4.11. The summed E-state index contributed by atoms with van der Waals surface area (Å²) in [6.45, 7) is 0. The Balaban J connectivity index is 2.35. The third-order valence-electron chi connectivity index (χ3n) is 3.87. The van der Waals surface area contributed by atoms with Crippen molar-refractivity contribution in [3.05, 3.63) is 32.2 Å². The molecule has 1 fully saturated rings. The van der Waals surface area contributed by atoms with E-state index >= 15 is 0 Å². The fourth-order valence-corrected chi connectivity index (χ4v) is 4.88. The van der Waals surface area contributed by atoms with Gasteiger partial charge in [-0.2, -0.15) is 0 Å². The first-order valence-corrected chi connectivity index (χ1v) is 9.66. The summed E-state index contributed by atoms with van der Waals surface area (Å²) in [5.74, 6) is 1.62. The highest BCUT2D eigenvalue weighted by Crippen LogP contribution is 2.37. The van der Waals surface area contributed by atoms with Gasteiger partial charge in [0.05, 0.1) is 11.6 Å². The molecule has 4 heteroatoms. The average molecular weight is 467 g/mol. The van der Waals surface area contributed by atoms with Crippen molar-refractivity contribution in [2.75, 3.05) is 12.4 Å². The predicted octanol–water partition coefficient (Wildman–Crippen LogP) is 6.58. The maximum absolute atomic E-state index is 5.54. The highest BCUT2D eigenvalue weighted by molar-refractivity contribution is 9.11. The lowest BCUT2D eigenvalue weighted by Crippen LogP contribution is -2.10. The minimum absolute atomic E-state index is 0.714. The van der Waals surface area contributed by atoms with Gasteiger partial charge in [-0.3, -0.25) is 0 Å². The average Bonchev–Trinajstić information content (AvgIpc) is 2.45. The monoisotopic (exact) mass is 464 g/mol. The van der Waals surface area contributed by atoms with E-state index < -0.39 is 0 Å². The first-order valence-electron chi connectivity index (χ1n) is 6.95. The van der Waals surface area contributed by atoms with Gasteiger partial charge in [-0.25, -0.2) is 0 Å². The zero-order valence-corrected chi connectivity index (χ0v) is 16.4. The van der Waals surface area contributed by atoms with Crippen LogP contribution in [0.5, 0.6) is 5.75 Å². The third-order valence-corrected chi connectivity index (χ3v) is 5.56. The molecule has 1 aliphatic carbocycles. The molecule has 0 bridgehead atoms. The first-order chi connectivity index (χ1) is 9.65. The number of hydrogen-bond acceptors (Lipinski definition) is 1. The van der Waals surface area contributed by atoms with Crippen LogP contribution in [0.1, 0.15) is 37.7 Å². The van der Waals surface area contributed by atoms with E-state index in [1.807, 2.05) is 6.07 Å². The summed E-state index contributed by atoms with van der Waals surface area (Å²) in [4.78, 5) is 0. The quantitative estimate of drug-likeness (QED) is 0.455. The van der Waals surface area contributed by atoms with Gasteiger partial charge in [-0.05, 0) is 46.8 Å². The maximum Gasteiger partial charge on any atom is 0.140 e. The van der Waals surface area contributed by atoms with Crippen molar-refractivity contribution < 1.29 is 4.74 Å². The van der Waals surface area contributed by atoms with Crippen molar-refractivity contribution in [2.45, 2.75) is 32.1 Å². The summed E-state index contributed by atoms with van der Waals surface area (Å²) in [6.07, 6.45) is 9.02. The highest BCUT2D eigenvalue weighted by atomic mass is 79.9. The number of halogens is 3. The Hall–Kier alpha value is 0.200. The van der Waals surface area contributed by atoms with Crippen molar-refractivity contribution in [1.29, 1.82) is 0 Å². The molecular weight excluding hydrogens is 448 g/mol. The standard InChI is InChI=1S/C16H19Br3O/c1-20-16-12(8-14(18)9-15(16)19)7-13(10-17)11-5-3-2-4-6-11/h7-9,11H,2-6,10H2,1H3/b13-7-. The van der Waals surface area contributed by atoms with Crippen LogP contribution in [0.2, 0.25) is 0 Å². The van der Waals surface area contributed by atoms with Crippen molar-refractivity contribution in [3.8, 4) is 5.75 Å². The van der Waals surface area contributed by atoms with Gasteiger partial charge in [0.1, 0.15) is 5.75 Å². The Labute approximate surface area is 146 Å². The lowest BCUT2D eigenvalue weighted by molar-refractivity contribution is 0.404. The molecule has 20 heavy (non-hydrogen) atoms. The summed E-state index contributed by atoms with van der Waals surface area (Å²) < 4.78 is 7.58. The molecule has 1 saturated carbocycles. The number of benzene rings is 1. The molecule has 1 nitrogen and oxygen atoms in total. The summed E-state index contributed by atoms with van der Waals surface area (Å²) in [6, 6.07) is 4.14. The van der Waals surface area contributed by atoms with E-state index in [0.29, 0.717) is 5.92 Å². The van der Waals surface area contributed by atoms with Crippen molar-refractivity contribution in [1.82, 2.24) is 0 Å². The fraction of sp³-hybridized carbons (Fsp3) is 0.500. The van der Waals surface area contributed by atoms with Crippen LogP contribution in [-0.2, 0) is 0 Å². The van der Waals surface area contributed by atoms with Gasteiger partial charge < -0.3 is 4.74 Å². The molecule has 0 amide bonds. The molecule has 0 saturated heterocycles. The molecule has 1 aromatic carbocycles. The zero-order chi connectivity index (χ0) is 14.5. The molecule has 0 radical (unpaired) electrons. The van der Waals surface area contributed by atoms with E-state index in [9.17, 15) is 0 Å². The second kappa shape index (κ2) is 8.00. The second-order valence-electron chi connectivity index (χ2n) is 5.20. The molecule has 0 N–H and O–H groups in total. The summed E-state index contributed by atoms with van der Waals surface area (Å²) in [5, 5.41) is 0.935. The minimum Gasteiger partial charge on any atom is -0.495 e. The van der Waals surface area contributed by atoms with E-state index in [1.54, 1.807) is 7.11 Å². The summed E-state index contributed by atoms with van der Waals surface area (Å²) in [5.41, 5.74) is 2.61. The van der Waals surface area contributed by atoms with E-state index in [0.717, 1.165) is 25.6 Å². The van der Waals surface area contributed by atoms with Crippen LogP contribution < -0.4 is 4.74 Å². The van der Waals surface area contributed by atoms with Gasteiger partial charge in [-0.1, -0.05) is 62.8 Å². The van der Waals surface area contributed by atoms with Gasteiger partial charge in [0, 0.05) is 15.4 Å².